The molecule has 5 rings (SSSR count). The molecule has 0 spiro atoms. The van der Waals surface area contributed by atoms with E-state index in [-0.39, 0.29) is 24.8 Å². The van der Waals surface area contributed by atoms with Crippen LogP contribution in [-0.4, -0.2) is 6.88 Å². The van der Waals surface area contributed by atoms with Crippen LogP contribution in [-0.2, 0) is 23.3 Å². The molecular weight excluding hydrogens is 503 g/mol. The summed E-state index contributed by atoms with van der Waals surface area (Å²) in [5, 5.41) is 2.66. The Balaban J connectivity index is 0. The molecule has 0 saturated heterocycles. The first-order valence-corrected chi connectivity index (χ1v) is 13.0. The van der Waals surface area contributed by atoms with Crippen molar-refractivity contribution in [2.24, 2.45) is 0 Å². The minimum absolute atomic E-state index is 0. The summed E-state index contributed by atoms with van der Waals surface area (Å²) in [4.78, 5) is 0. The molecule has 4 heteroatoms. The second kappa shape index (κ2) is 23.7. The van der Waals surface area contributed by atoms with Crippen LogP contribution < -0.4 is 0 Å². The van der Waals surface area contributed by atoms with Crippen molar-refractivity contribution in [1.82, 2.24) is 0 Å². The number of benzene rings is 3. The molecule has 0 atom stereocenters. The van der Waals surface area contributed by atoms with Gasteiger partial charge in [0, 0.05) is 0 Å². The molecule has 4 aromatic rings. The molecule has 2 radical (unpaired) electrons. The molecule has 0 nitrogen and oxygen atoms in total. The van der Waals surface area contributed by atoms with Crippen molar-refractivity contribution in [2.75, 3.05) is 0 Å². The van der Waals surface area contributed by atoms with Gasteiger partial charge in [-0.05, 0) is 0 Å². The first kappa shape index (κ1) is 30.6. The summed E-state index contributed by atoms with van der Waals surface area (Å²) < 4.78 is 0. The largest absolute Gasteiger partial charge is 0.184 e. The first-order chi connectivity index (χ1) is 14.0. The van der Waals surface area contributed by atoms with E-state index in [1.54, 1.807) is 0 Å². The summed E-state index contributed by atoms with van der Waals surface area (Å²) in [6.45, 7) is 3.06. The Kier molecular flexibility index (Phi) is 24.2. The zero-order valence-corrected chi connectivity index (χ0v) is 21.7. The monoisotopic (exact) mass is 524 g/mol. The van der Waals surface area contributed by atoms with Gasteiger partial charge in [0.25, 0.3) is 0 Å². The molecule has 30 heavy (non-hydrogen) atoms. The summed E-state index contributed by atoms with van der Waals surface area (Å²) in [6.07, 6.45) is 10.0. The van der Waals surface area contributed by atoms with E-state index in [9.17, 15) is 0 Å². The molecule has 0 heterocycles. The van der Waals surface area contributed by atoms with E-state index in [0.29, 0.717) is 0 Å². The number of hydrogen-bond donors (Lipinski definition) is 0. The van der Waals surface area contributed by atoms with Gasteiger partial charge in [0.1, 0.15) is 0 Å². The minimum Gasteiger partial charge on any atom is -0.184 e. The molecule has 0 aliphatic heterocycles. The quantitative estimate of drug-likeness (QED) is 0.167. The maximum atomic E-state index is 3.06. The number of fused-ring (bicyclic) bond motifs is 1. The minimum atomic E-state index is 0. The Labute approximate surface area is 210 Å². The van der Waals surface area contributed by atoms with Crippen LogP contribution in [0.4, 0.5) is 0 Å². The van der Waals surface area contributed by atoms with E-state index in [4.69, 9.17) is 0 Å². The molecule has 0 saturated carbocycles. The number of allylic oxidation sites excluding steroid dienone is 4. The van der Waals surface area contributed by atoms with Crippen LogP contribution in [0.15, 0.2) is 121 Å². The third-order valence-electron chi connectivity index (χ3n) is 3.35. The smallest absolute Gasteiger partial charge is 0.0809 e. The fraction of sp³-hybridized carbons (Fsp3) is 0.0385. The van der Waals surface area contributed by atoms with E-state index in [2.05, 4.69) is 73.6 Å². The third kappa shape index (κ3) is 16.3. The maximum absolute atomic E-state index is 3.06. The zero-order valence-electron chi connectivity index (χ0n) is 16.6. The molecule has 1 aliphatic carbocycles. The SMILES string of the molecule is Cl.Cl.[C-]1=CC=CC1.[Si]=[Zr].[c-]1ccccc1.[c-]1ccccc1.c1ccc2[cH-]ccc2c1. The molecule has 0 aromatic heterocycles. The topological polar surface area (TPSA) is 0 Å². The van der Waals surface area contributed by atoms with Crippen LogP contribution >= 0.6 is 24.8 Å². The maximum Gasteiger partial charge on any atom is -0.0809 e. The zero-order chi connectivity index (χ0) is 20.1. The van der Waals surface area contributed by atoms with Gasteiger partial charge in [-0.3, -0.25) is 6.08 Å². The van der Waals surface area contributed by atoms with E-state index < -0.39 is 0 Å². The van der Waals surface area contributed by atoms with E-state index in [1.165, 1.54) is 34.1 Å². The predicted octanol–water partition coefficient (Wildman–Crippen LogP) is 7.30. The molecular formula is C26H24Cl2SiZr-4. The summed E-state index contributed by atoms with van der Waals surface area (Å²) in [5.41, 5.74) is 0. The predicted molar refractivity (Wildman–Crippen MR) is 132 cm³/mol. The van der Waals surface area contributed by atoms with Gasteiger partial charge in [0.15, 0.2) is 0 Å². The fourth-order valence-electron chi connectivity index (χ4n) is 2.09. The van der Waals surface area contributed by atoms with E-state index >= 15 is 0 Å². The van der Waals surface area contributed by atoms with Gasteiger partial charge in [0.2, 0.25) is 0 Å². The van der Waals surface area contributed by atoms with Crippen molar-refractivity contribution in [3.8, 4) is 0 Å². The average molecular weight is 527 g/mol. The molecule has 1 aliphatic rings. The van der Waals surface area contributed by atoms with E-state index in [1.807, 2.05) is 72.8 Å². The van der Waals surface area contributed by atoms with Crippen LogP contribution in [0.25, 0.3) is 10.8 Å². The van der Waals surface area contributed by atoms with Gasteiger partial charge in [0.05, 0.1) is 0 Å². The van der Waals surface area contributed by atoms with Gasteiger partial charge >= 0.3 is 30.2 Å². The second-order valence-corrected chi connectivity index (χ2v) is 5.31. The number of hydrogen-bond acceptors (Lipinski definition) is 0. The first-order valence-electron chi connectivity index (χ1n) is 8.86. The number of halogens is 2. The molecule has 0 N–H and O–H groups in total. The van der Waals surface area contributed by atoms with Crippen molar-refractivity contribution in [1.29, 1.82) is 0 Å². The molecule has 0 bridgehead atoms. The van der Waals surface area contributed by atoms with Crippen molar-refractivity contribution in [3.63, 3.8) is 0 Å². The van der Waals surface area contributed by atoms with Crippen molar-refractivity contribution in [3.05, 3.63) is 140 Å². The van der Waals surface area contributed by atoms with Crippen LogP contribution in [0.1, 0.15) is 6.42 Å². The summed E-state index contributed by atoms with van der Waals surface area (Å²) in [5.74, 6) is 0. The molecule has 0 unspecified atom stereocenters. The summed E-state index contributed by atoms with van der Waals surface area (Å²) in [7, 11) is 0. The van der Waals surface area contributed by atoms with Crippen LogP contribution in [0.2, 0.25) is 0 Å². The van der Waals surface area contributed by atoms with Crippen molar-refractivity contribution in [2.45, 2.75) is 6.42 Å². The Hall–Kier alpha value is -1.57. The van der Waals surface area contributed by atoms with Gasteiger partial charge in [-0.15, -0.1) is 60.9 Å². The van der Waals surface area contributed by atoms with E-state index in [0.717, 1.165) is 6.42 Å². The summed E-state index contributed by atoms with van der Waals surface area (Å²) in [6, 6.07) is 39.7. The second-order valence-electron chi connectivity index (χ2n) is 5.31. The Morgan fingerprint density at radius 3 is 1.63 bits per heavy atom. The molecule has 154 valence electrons. The average Bonchev–Trinajstić information content (AvgIpc) is 3.54. The Morgan fingerprint density at radius 1 is 0.733 bits per heavy atom. The van der Waals surface area contributed by atoms with Crippen molar-refractivity contribution >= 4 is 42.5 Å². The van der Waals surface area contributed by atoms with Crippen molar-refractivity contribution < 1.29 is 23.3 Å². The van der Waals surface area contributed by atoms with Crippen LogP contribution in [0, 0.1) is 18.2 Å². The van der Waals surface area contributed by atoms with Gasteiger partial charge in [-0.2, -0.15) is 96.4 Å². The Bertz CT molecular complexity index is 765. The standard InChI is InChI=1S/C9H7.2C6H5.C5H5.2ClH.Si.Zr/c1-2-5-9-7-3-6-8(9)4-1;2*1-2-4-6-5-3-1;1-2-4-5-3-1;;;;/h1-7H;2*1-5H;1-3H,4H2;2*1H;;/q4*-1;;;;. The molecule has 0 fully saturated rings. The molecule has 4 aromatic carbocycles. The Morgan fingerprint density at radius 2 is 1.30 bits per heavy atom. The van der Waals surface area contributed by atoms with Gasteiger partial charge in [-0.25, -0.2) is 12.2 Å². The normalized spacial score (nSPS) is 9.30. The molecule has 0 amide bonds. The van der Waals surface area contributed by atoms with Crippen LogP contribution in [0.5, 0.6) is 0 Å². The summed E-state index contributed by atoms with van der Waals surface area (Å²) >= 11 is 1.36. The van der Waals surface area contributed by atoms with Crippen LogP contribution in [0.3, 0.4) is 0 Å². The number of rotatable bonds is 0. The third-order valence-corrected chi connectivity index (χ3v) is 3.35. The fourth-order valence-corrected chi connectivity index (χ4v) is 2.09. The van der Waals surface area contributed by atoms with Gasteiger partial charge < -0.3 is 0 Å². The van der Waals surface area contributed by atoms with Gasteiger partial charge in [-0.1, -0.05) is 6.07 Å².